The van der Waals surface area contributed by atoms with Crippen molar-refractivity contribution in [2.24, 2.45) is 5.10 Å². The summed E-state index contributed by atoms with van der Waals surface area (Å²) in [5.74, 6) is 2.21. The van der Waals surface area contributed by atoms with Gasteiger partial charge in [0.1, 0.15) is 18.1 Å². The van der Waals surface area contributed by atoms with E-state index in [1.165, 1.54) is 4.68 Å². The Bertz CT molecular complexity index is 2230. The fraction of sp³-hybridized carbons (Fsp3) is 0.205. The molecule has 6 rings (SSSR count). The third-order valence-corrected chi connectivity index (χ3v) is 9.07. The number of rotatable bonds is 9. The number of methoxy groups -OCH3 is 1. The van der Waals surface area contributed by atoms with E-state index in [-0.39, 0.29) is 11.5 Å². The largest absolute Gasteiger partial charge is 0.496 e. The van der Waals surface area contributed by atoms with Crippen molar-refractivity contribution in [1.29, 1.82) is 0 Å². The van der Waals surface area contributed by atoms with Gasteiger partial charge in [0, 0.05) is 43.8 Å². The van der Waals surface area contributed by atoms with Crippen LogP contribution in [0, 0.1) is 20.8 Å². The molecule has 0 aliphatic carbocycles. The number of halogens is 2. The van der Waals surface area contributed by atoms with Gasteiger partial charge in [0.05, 0.1) is 24.2 Å². The van der Waals surface area contributed by atoms with Crippen LogP contribution >= 0.6 is 23.2 Å². The van der Waals surface area contributed by atoms with Crippen molar-refractivity contribution < 1.29 is 9.47 Å². The minimum Gasteiger partial charge on any atom is -0.496 e. The highest BCUT2D eigenvalue weighted by molar-refractivity contribution is 6.35. The predicted octanol–water partition coefficient (Wildman–Crippen LogP) is 9.68. The van der Waals surface area contributed by atoms with E-state index in [1.54, 1.807) is 31.5 Å². The van der Waals surface area contributed by atoms with E-state index < -0.39 is 0 Å². The highest BCUT2D eigenvalue weighted by Gasteiger charge is 2.19. The number of hydrogen-bond donors (Lipinski definition) is 0. The summed E-state index contributed by atoms with van der Waals surface area (Å²) in [4.78, 5) is 18.9. The lowest BCUT2D eigenvalue weighted by Gasteiger charge is -2.17. The molecule has 0 saturated carbocycles. The maximum absolute atomic E-state index is 13.9. The van der Waals surface area contributed by atoms with Gasteiger partial charge in [-0.05, 0) is 105 Å². The highest BCUT2D eigenvalue weighted by atomic mass is 35.5. The molecule has 2 heterocycles. The van der Waals surface area contributed by atoms with E-state index in [0.29, 0.717) is 33.4 Å². The molecule has 0 aliphatic heterocycles. The Hall–Kier alpha value is -4.85. The SMILES string of the molecule is COc1cc(C)c(-c2nc3ccccc3c(=O)n2N=Cc2cc(C)n(-c3ccc(OCc4ccc(Cl)cc4Cl)cc3)c2C)cc1C(C)C. The summed E-state index contributed by atoms with van der Waals surface area (Å²) in [6.45, 7) is 10.6. The second-order valence-corrected chi connectivity index (χ2v) is 12.9. The van der Waals surface area contributed by atoms with Gasteiger partial charge in [-0.25, -0.2) is 4.98 Å². The number of para-hydroxylation sites is 1. The lowest BCUT2D eigenvalue weighted by atomic mass is 9.96. The Labute approximate surface area is 290 Å². The number of fused-ring (bicyclic) bond motifs is 1. The molecule has 7 nitrogen and oxygen atoms in total. The Morgan fingerprint density at radius 1 is 0.938 bits per heavy atom. The predicted molar refractivity (Wildman–Crippen MR) is 196 cm³/mol. The van der Waals surface area contributed by atoms with Gasteiger partial charge < -0.3 is 14.0 Å². The van der Waals surface area contributed by atoms with Crippen molar-refractivity contribution in [3.63, 3.8) is 0 Å². The quantitative estimate of drug-likeness (QED) is 0.143. The fourth-order valence-corrected chi connectivity index (χ4v) is 6.36. The van der Waals surface area contributed by atoms with Crippen LogP contribution in [0.3, 0.4) is 0 Å². The van der Waals surface area contributed by atoms with E-state index in [0.717, 1.165) is 56.4 Å². The molecule has 0 N–H and O–H groups in total. The fourth-order valence-electron chi connectivity index (χ4n) is 5.90. The third kappa shape index (κ3) is 6.48. The number of aryl methyl sites for hydroxylation is 2. The molecule has 0 saturated heterocycles. The molecule has 2 aromatic heterocycles. The number of aromatic nitrogens is 3. The zero-order chi connectivity index (χ0) is 34.1. The smallest absolute Gasteiger partial charge is 0.282 e. The third-order valence-electron chi connectivity index (χ3n) is 8.48. The van der Waals surface area contributed by atoms with Crippen LogP contribution in [0.15, 0.2) is 94.8 Å². The summed E-state index contributed by atoms with van der Waals surface area (Å²) in [6.07, 6.45) is 1.73. The maximum atomic E-state index is 13.9. The second-order valence-electron chi connectivity index (χ2n) is 12.1. The molecule has 9 heteroatoms. The average molecular weight is 680 g/mol. The Morgan fingerprint density at radius 2 is 1.69 bits per heavy atom. The molecule has 244 valence electrons. The molecule has 0 aliphatic rings. The lowest BCUT2D eigenvalue weighted by molar-refractivity contribution is 0.306. The van der Waals surface area contributed by atoms with E-state index in [9.17, 15) is 4.79 Å². The van der Waals surface area contributed by atoms with E-state index in [4.69, 9.17) is 42.8 Å². The van der Waals surface area contributed by atoms with E-state index in [1.807, 2.05) is 75.4 Å². The molecule has 0 unspecified atom stereocenters. The molecule has 0 fully saturated rings. The van der Waals surface area contributed by atoms with Gasteiger partial charge in [0.2, 0.25) is 0 Å². The normalized spacial score (nSPS) is 11.6. The Kier molecular flexibility index (Phi) is 9.45. The van der Waals surface area contributed by atoms with Gasteiger partial charge in [-0.3, -0.25) is 4.79 Å². The highest BCUT2D eigenvalue weighted by Crippen LogP contribution is 2.34. The van der Waals surface area contributed by atoms with Crippen molar-refractivity contribution >= 4 is 40.3 Å². The van der Waals surface area contributed by atoms with Gasteiger partial charge in [-0.1, -0.05) is 55.2 Å². The number of hydrogen-bond acceptors (Lipinski definition) is 5. The van der Waals surface area contributed by atoms with E-state index >= 15 is 0 Å². The molecule has 0 atom stereocenters. The van der Waals surface area contributed by atoms with Gasteiger partial charge in [-0.2, -0.15) is 9.78 Å². The molecule has 0 amide bonds. The zero-order valence-electron chi connectivity index (χ0n) is 27.7. The van der Waals surface area contributed by atoms with Crippen LogP contribution in [0.25, 0.3) is 28.0 Å². The molecular weight excluding hydrogens is 643 g/mol. The monoisotopic (exact) mass is 678 g/mol. The first-order chi connectivity index (χ1) is 23.0. The summed E-state index contributed by atoms with van der Waals surface area (Å²) < 4.78 is 15.2. The summed E-state index contributed by atoms with van der Waals surface area (Å²) in [5, 5.41) is 6.44. The van der Waals surface area contributed by atoms with Crippen molar-refractivity contribution in [2.45, 2.75) is 47.1 Å². The van der Waals surface area contributed by atoms with Crippen molar-refractivity contribution in [3.05, 3.63) is 139 Å². The molecule has 48 heavy (non-hydrogen) atoms. The van der Waals surface area contributed by atoms with E-state index in [2.05, 4.69) is 30.5 Å². The molecule has 0 bridgehead atoms. The molecule has 6 aromatic rings. The summed E-state index contributed by atoms with van der Waals surface area (Å²) >= 11 is 12.3. The maximum Gasteiger partial charge on any atom is 0.282 e. The Morgan fingerprint density at radius 3 is 2.40 bits per heavy atom. The lowest BCUT2D eigenvalue weighted by Crippen LogP contribution is -2.21. The topological polar surface area (TPSA) is 70.6 Å². The van der Waals surface area contributed by atoms with Crippen LogP contribution in [0.5, 0.6) is 11.5 Å². The van der Waals surface area contributed by atoms with Gasteiger partial charge in [0.15, 0.2) is 5.82 Å². The number of benzene rings is 4. The van der Waals surface area contributed by atoms with Crippen LogP contribution < -0.4 is 15.0 Å². The molecular formula is C39H36Cl2N4O3. The summed E-state index contributed by atoms with van der Waals surface area (Å²) in [6, 6.07) is 26.7. The first kappa shape index (κ1) is 33.1. The first-order valence-corrected chi connectivity index (χ1v) is 16.4. The standard InChI is InChI=1S/C39H36Cl2N4O3/c1-23(2)33-20-34(24(3)17-37(33)47-6)38-43-36-10-8-7-9-32(36)39(46)45(38)42-21-28-18-25(4)44(26(28)5)30-13-15-31(16-14-30)48-22-27-11-12-29(40)19-35(27)41/h7-21,23H,22H2,1-6H3. The minimum atomic E-state index is -0.238. The molecule has 0 radical (unpaired) electrons. The average Bonchev–Trinajstić information content (AvgIpc) is 3.35. The summed E-state index contributed by atoms with van der Waals surface area (Å²) in [7, 11) is 1.67. The number of ether oxygens (including phenoxy) is 2. The van der Waals surface area contributed by atoms with Gasteiger partial charge in [-0.15, -0.1) is 0 Å². The van der Waals surface area contributed by atoms with Crippen LogP contribution in [0.2, 0.25) is 10.0 Å². The Balaban J connectivity index is 1.35. The van der Waals surface area contributed by atoms with Gasteiger partial charge in [0.25, 0.3) is 5.56 Å². The molecule has 4 aromatic carbocycles. The van der Waals surface area contributed by atoms with Crippen molar-refractivity contribution in [1.82, 2.24) is 14.2 Å². The first-order valence-electron chi connectivity index (χ1n) is 15.7. The molecule has 0 spiro atoms. The van der Waals surface area contributed by atoms with Crippen molar-refractivity contribution in [3.8, 4) is 28.6 Å². The zero-order valence-corrected chi connectivity index (χ0v) is 29.2. The van der Waals surface area contributed by atoms with Crippen LogP contribution in [0.4, 0.5) is 0 Å². The summed E-state index contributed by atoms with van der Waals surface area (Å²) in [5.41, 5.74) is 7.88. The van der Waals surface area contributed by atoms with Gasteiger partial charge >= 0.3 is 0 Å². The minimum absolute atomic E-state index is 0.205. The second kappa shape index (κ2) is 13.7. The van der Waals surface area contributed by atoms with Crippen LogP contribution in [-0.4, -0.2) is 27.6 Å². The van der Waals surface area contributed by atoms with Crippen LogP contribution in [-0.2, 0) is 6.61 Å². The van der Waals surface area contributed by atoms with Crippen molar-refractivity contribution in [2.75, 3.05) is 7.11 Å². The number of nitrogens with zero attached hydrogens (tertiary/aromatic N) is 4. The van der Waals surface area contributed by atoms with Crippen LogP contribution in [0.1, 0.15) is 53.4 Å².